The molecular weight excluding hydrogens is 412 g/mol. The molecule has 0 aliphatic carbocycles. The number of hydrogen-bond acceptors (Lipinski definition) is 7. The third-order valence-corrected chi connectivity index (χ3v) is 5.60. The zero-order valence-corrected chi connectivity index (χ0v) is 19.2. The van der Waals surface area contributed by atoms with E-state index in [9.17, 15) is 0 Å². The molecule has 0 saturated heterocycles. The van der Waals surface area contributed by atoms with Crippen LogP contribution in [-0.4, -0.2) is 39.0 Å². The third kappa shape index (κ3) is 7.24. The van der Waals surface area contributed by atoms with E-state index < -0.39 is 0 Å². The molecular formula is C24H30N2O4S. The van der Waals surface area contributed by atoms with Crippen molar-refractivity contribution in [3.05, 3.63) is 70.7 Å². The van der Waals surface area contributed by atoms with E-state index in [4.69, 9.17) is 23.9 Å². The highest BCUT2D eigenvalue weighted by atomic mass is 32.1. The van der Waals surface area contributed by atoms with Gasteiger partial charge in [-0.25, -0.2) is 4.98 Å². The summed E-state index contributed by atoms with van der Waals surface area (Å²) in [4.78, 5) is 7.08. The summed E-state index contributed by atoms with van der Waals surface area (Å²) in [5.74, 6) is 1.70. The molecule has 31 heavy (non-hydrogen) atoms. The smallest absolute Gasteiger partial charge is 0.186 e. The van der Waals surface area contributed by atoms with Crippen molar-refractivity contribution in [3.8, 4) is 11.5 Å². The van der Waals surface area contributed by atoms with Crippen LogP contribution in [0.4, 0.5) is 5.13 Å². The monoisotopic (exact) mass is 442 g/mol. The molecule has 3 rings (SSSR count). The summed E-state index contributed by atoms with van der Waals surface area (Å²) < 4.78 is 21.8. The van der Waals surface area contributed by atoms with Crippen LogP contribution < -0.4 is 14.4 Å². The van der Waals surface area contributed by atoms with Gasteiger partial charge in [0.25, 0.3) is 0 Å². The zero-order chi connectivity index (χ0) is 21.9. The molecule has 7 heteroatoms. The van der Waals surface area contributed by atoms with Crippen molar-refractivity contribution in [1.29, 1.82) is 0 Å². The molecule has 0 saturated carbocycles. The summed E-state index contributed by atoms with van der Waals surface area (Å²) in [5.41, 5.74) is 3.25. The van der Waals surface area contributed by atoms with Crippen molar-refractivity contribution in [3.63, 3.8) is 0 Å². The molecule has 166 valence electrons. The second-order valence-corrected chi connectivity index (χ2v) is 7.77. The van der Waals surface area contributed by atoms with Crippen molar-refractivity contribution in [2.45, 2.75) is 26.6 Å². The Bertz CT molecular complexity index is 882. The lowest BCUT2D eigenvalue weighted by Gasteiger charge is -2.22. The van der Waals surface area contributed by atoms with Crippen LogP contribution in [0.5, 0.6) is 11.5 Å². The number of ether oxygens (including phenoxy) is 4. The predicted molar refractivity (Wildman–Crippen MR) is 124 cm³/mol. The van der Waals surface area contributed by atoms with E-state index in [0.29, 0.717) is 39.5 Å². The van der Waals surface area contributed by atoms with Gasteiger partial charge in [-0.1, -0.05) is 24.3 Å². The van der Waals surface area contributed by atoms with Crippen molar-refractivity contribution in [2.24, 2.45) is 0 Å². The Morgan fingerprint density at radius 1 is 0.871 bits per heavy atom. The first-order valence-electron chi connectivity index (χ1n) is 10.3. The Hall–Kier alpha value is -2.61. The van der Waals surface area contributed by atoms with E-state index >= 15 is 0 Å². The second-order valence-electron chi connectivity index (χ2n) is 6.93. The molecule has 0 radical (unpaired) electrons. The minimum Gasteiger partial charge on any atom is -0.497 e. The van der Waals surface area contributed by atoms with Crippen LogP contribution in [0.25, 0.3) is 0 Å². The maximum Gasteiger partial charge on any atom is 0.186 e. The minimum atomic E-state index is 0.482. The van der Waals surface area contributed by atoms with Gasteiger partial charge in [-0.2, -0.15) is 0 Å². The Morgan fingerprint density at radius 2 is 1.48 bits per heavy atom. The molecule has 0 bridgehead atoms. The number of benzene rings is 2. The van der Waals surface area contributed by atoms with Crippen LogP contribution in [0.1, 0.15) is 23.7 Å². The van der Waals surface area contributed by atoms with Crippen LogP contribution in [0.15, 0.2) is 53.9 Å². The van der Waals surface area contributed by atoms with Gasteiger partial charge in [-0.15, -0.1) is 11.3 Å². The van der Waals surface area contributed by atoms with Gasteiger partial charge < -0.3 is 23.8 Å². The fraction of sp³-hybridized carbons (Fsp3) is 0.375. The average molecular weight is 443 g/mol. The van der Waals surface area contributed by atoms with Crippen LogP contribution in [-0.2, 0) is 29.2 Å². The van der Waals surface area contributed by atoms with Gasteiger partial charge in [0.15, 0.2) is 5.13 Å². The number of hydrogen-bond donors (Lipinski definition) is 0. The first kappa shape index (κ1) is 23.1. The average Bonchev–Trinajstić information content (AvgIpc) is 3.28. The van der Waals surface area contributed by atoms with E-state index in [-0.39, 0.29) is 0 Å². The highest BCUT2D eigenvalue weighted by molar-refractivity contribution is 7.13. The van der Waals surface area contributed by atoms with E-state index in [2.05, 4.69) is 34.5 Å². The molecule has 3 aromatic rings. The topological polar surface area (TPSA) is 53.1 Å². The molecule has 1 heterocycles. The van der Waals surface area contributed by atoms with E-state index in [1.54, 1.807) is 25.6 Å². The SMILES string of the molecule is CCOCCOCc1csc(N(Cc2cccc(OC)c2)Cc2cccc(OC)c2)n1. The number of aromatic nitrogens is 1. The number of methoxy groups -OCH3 is 2. The molecule has 1 aromatic heterocycles. The molecule has 0 N–H and O–H groups in total. The molecule has 0 unspecified atom stereocenters. The zero-order valence-electron chi connectivity index (χ0n) is 18.4. The van der Waals surface area contributed by atoms with Crippen molar-refractivity contribution >= 4 is 16.5 Å². The van der Waals surface area contributed by atoms with Crippen molar-refractivity contribution in [2.75, 3.05) is 38.9 Å². The normalized spacial score (nSPS) is 10.8. The van der Waals surface area contributed by atoms with E-state index in [0.717, 1.165) is 33.5 Å². The van der Waals surface area contributed by atoms with Gasteiger partial charge in [-0.05, 0) is 42.3 Å². The highest BCUT2D eigenvalue weighted by Gasteiger charge is 2.14. The Morgan fingerprint density at radius 3 is 2.06 bits per heavy atom. The maximum atomic E-state index is 5.68. The van der Waals surface area contributed by atoms with Crippen molar-refractivity contribution < 1.29 is 18.9 Å². The first-order valence-corrected chi connectivity index (χ1v) is 11.2. The molecule has 0 fully saturated rings. The van der Waals surface area contributed by atoms with Crippen LogP contribution >= 0.6 is 11.3 Å². The molecule has 6 nitrogen and oxygen atoms in total. The molecule has 0 spiro atoms. The van der Waals surface area contributed by atoms with Crippen LogP contribution in [0.3, 0.4) is 0 Å². The Balaban J connectivity index is 1.75. The van der Waals surface area contributed by atoms with Crippen LogP contribution in [0.2, 0.25) is 0 Å². The Labute approximate surface area is 188 Å². The lowest BCUT2D eigenvalue weighted by molar-refractivity contribution is 0.0443. The summed E-state index contributed by atoms with van der Waals surface area (Å²) in [6.07, 6.45) is 0. The molecule has 0 aliphatic heterocycles. The maximum absolute atomic E-state index is 5.68. The standard InChI is InChI=1S/C24H30N2O4S/c1-4-29-11-12-30-17-21-18-31-24(25-21)26(15-19-7-5-9-22(13-19)27-2)16-20-8-6-10-23(14-20)28-3/h5-10,13-14,18H,4,11-12,15-17H2,1-3H3. The van der Waals surface area contributed by atoms with Crippen molar-refractivity contribution in [1.82, 2.24) is 4.98 Å². The largest absolute Gasteiger partial charge is 0.497 e. The lowest BCUT2D eigenvalue weighted by Crippen LogP contribution is -2.22. The third-order valence-electron chi connectivity index (χ3n) is 4.65. The summed E-state index contributed by atoms with van der Waals surface area (Å²) in [6.45, 7) is 5.76. The fourth-order valence-electron chi connectivity index (χ4n) is 3.12. The van der Waals surface area contributed by atoms with Gasteiger partial charge in [0.1, 0.15) is 11.5 Å². The van der Waals surface area contributed by atoms with E-state index in [1.807, 2.05) is 31.2 Å². The summed E-state index contributed by atoms with van der Waals surface area (Å²) in [7, 11) is 3.37. The first-order chi connectivity index (χ1) is 15.2. The minimum absolute atomic E-state index is 0.482. The van der Waals surface area contributed by atoms with Gasteiger partial charge in [0, 0.05) is 25.1 Å². The number of thiazole rings is 1. The summed E-state index contributed by atoms with van der Waals surface area (Å²) in [6, 6.07) is 16.3. The molecule has 0 amide bonds. The van der Waals surface area contributed by atoms with Crippen LogP contribution in [0, 0.1) is 0 Å². The van der Waals surface area contributed by atoms with E-state index in [1.165, 1.54) is 0 Å². The highest BCUT2D eigenvalue weighted by Crippen LogP contribution is 2.27. The van der Waals surface area contributed by atoms with Gasteiger partial charge in [0.2, 0.25) is 0 Å². The lowest BCUT2D eigenvalue weighted by atomic mass is 10.1. The summed E-state index contributed by atoms with van der Waals surface area (Å²) >= 11 is 1.63. The number of rotatable bonds is 13. The second kappa shape index (κ2) is 12.3. The number of anilines is 1. The molecule has 2 aromatic carbocycles. The summed E-state index contributed by atoms with van der Waals surface area (Å²) in [5, 5.41) is 3.01. The fourth-order valence-corrected chi connectivity index (χ4v) is 3.93. The predicted octanol–water partition coefficient (Wildman–Crippen LogP) is 4.92. The molecule has 0 aliphatic rings. The van der Waals surface area contributed by atoms with Gasteiger partial charge >= 0.3 is 0 Å². The number of nitrogens with zero attached hydrogens (tertiary/aromatic N) is 2. The molecule has 0 atom stereocenters. The van der Waals surface area contributed by atoms with Gasteiger partial charge in [0.05, 0.1) is 39.7 Å². The van der Waals surface area contributed by atoms with Gasteiger partial charge in [-0.3, -0.25) is 0 Å². The quantitative estimate of drug-likeness (QED) is 0.350. The Kier molecular flexibility index (Phi) is 9.15.